The first-order chi connectivity index (χ1) is 11.5. The van der Waals surface area contributed by atoms with Crippen molar-refractivity contribution in [2.45, 2.75) is 13.0 Å². The Morgan fingerprint density at radius 1 is 1.00 bits per heavy atom. The number of amides is 1. The van der Waals surface area contributed by atoms with E-state index in [-0.39, 0.29) is 17.9 Å². The molecule has 0 radical (unpaired) electrons. The lowest BCUT2D eigenvalue weighted by Gasteiger charge is -2.33. The van der Waals surface area contributed by atoms with Crippen LogP contribution >= 0.6 is 23.2 Å². The van der Waals surface area contributed by atoms with Crippen molar-refractivity contribution in [3.63, 3.8) is 0 Å². The van der Waals surface area contributed by atoms with Crippen LogP contribution < -0.4 is 10.6 Å². The standard InChI is InChI=1S/C19H20Cl2N2O/c1-12(15-10-22-11-15)19(24)23-18(13-2-6-16(20)7-3-13)14-4-8-17(21)9-5-14/h2-9,12,15,18,22H,10-11H2,1H3,(H,23,24). The summed E-state index contributed by atoms with van der Waals surface area (Å²) >= 11 is 12.0. The van der Waals surface area contributed by atoms with Crippen molar-refractivity contribution in [1.29, 1.82) is 0 Å². The molecule has 1 aliphatic rings. The van der Waals surface area contributed by atoms with Gasteiger partial charge in [0.15, 0.2) is 0 Å². The van der Waals surface area contributed by atoms with E-state index in [1.807, 2.05) is 55.5 Å². The van der Waals surface area contributed by atoms with E-state index in [4.69, 9.17) is 23.2 Å². The van der Waals surface area contributed by atoms with Gasteiger partial charge in [-0.05, 0) is 54.4 Å². The van der Waals surface area contributed by atoms with Crippen molar-refractivity contribution in [3.05, 3.63) is 69.7 Å². The van der Waals surface area contributed by atoms with Gasteiger partial charge >= 0.3 is 0 Å². The van der Waals surface area contributed by atoms with Crippen LogP contribution in [-0.4, -0.2) is 19.0 Å². The third kappa shape index (κ3) is 3.92. The minimum Gasteiger partial charge on any atom is -0.345 e. The minimum atomic E-state index is -0.220. The first kappa shape index (κ1) is 17.3. The summed E-state index contributed by atoms with van der Waals surface area (Å²) in [6.45, 7) is 3.80. The van der Waals surface area contributed by atoms with Crippen molar-refractivity contribution in [2.24, 2.45) is 11.8 Å². The molecule has 24 heavy (non-hydrogen) atoms. The summed E-state index contributed by atoms with van der Waals surface area (Å²) in [6, 6.07) is 14.9. The van der Waals surface area contributed by atoms with Gasteiger partial charge in [-0.2, -0.15) is 0 Å². The summed E-state index contributed by atoms with van der Waals surface area (Å²) in [5.74, 6) is 0.450. The molecule has 0 aromatic heterocycles. The van der Waals surface area contributed by atoms with Crippen LogP contribution in [0, 0.1) is 11.8 Å². The zero-order chi connectivity index (χ0) is 17.1. The fourth-order valence-corrected chi connectivity index (χ4v) is 3.07. The van der Waals surface area contributed by atoms with Crippen LogP contribution in [0.5, 0.6) is 0 Å². The fraction of sp³-hybridized carbons (Fsp3) is 0.316. The van der Waals surface area contributed by atoms with Crippen molar-refractivity contribution in [3.8, 4) is 0 Å². The highest BCUT2D eigenvalue weighted by Gasteiger charge is 2.30. The second-order valence-corrected chi connectivity index (χ2v) is 7.12. The van der Waals surface area contributed by atoms with Crippen LogP contribution in [0.3, 0.4) is 0 Å². The number of rotatable bonds is 5. The molecule has 126 valence electrons. The maximum Gasteiger partial charge on any atom is 0.223 e. The molecule has 1 fully saturated rings. The number of benzene rings is 2. The highest BCUT2D eigenvalue weighted by atomic mass is 35.5. The van der Waals surface area contributed by atoms with E-state index in [0.29, 0.717) is 16.0 Å². The summed E-state index contributed by atoms with van der Waals surface area (Å²) in [5.41, 5.74) is 1.99. The van der Waals surface area contributed by atoms with Crippen molar-refractivity contribution in [2.75, 3.05) is 13.1 Å². The van der Waals surface area contributed by atoms with Crippen molar-refractivity contribution in [1.82, 2.24) is 10.6 Å². The molecule has 2 aromatic carbocycles. The summed E-state index contributed by atoms with van der Waals surface area (Å²) in [5, 5.41) is 7.75. The average molecular weight is 363 g/mol. The molecule has 1 heterocycles. The zero-order valence-corrected chi connectivity index (χ0v) is 14.9. The smallest absolute Gasteiger partial charge is 0.223 e. The predicted octanol–water partition coefficient (Wildman–Crippen LogP) is 4.05. The van der Waals surface area contributed by atoms with Gasteiger partial charge in [0.1, 0.15) is 0 Å². The Balaban J connectivity index is 1.85. The molecule has 1 saturated heterocycles. The largest absolute Gasteiger partial charge is 0.345 e. The highest BCUT2D eigenvalue weighted by Crippen LogP contribution is 2.26. The SMILES string of the molecule is CC(C(=O)NC(c1ccc(Cl)cc1)c1ccc(Cl)cc1)C1CNC1. The zero-order valence-electron chi connectivity index (χ0n) is 13.4. The van der Waals surface area contributed by atoms with Gasteiger partial charge in [-0.25, -0.2) is 0 Å². The first-order valence-corrected chi connectivity index (χ1v) is 8.82. The van der Waals surface area contributed by atoms with Gasteiger partial charge < -0.3 is 10.6 Å². The Hall–Kier alpha value is -1.55. The van der Waals surface area contributed by atoms with E-state index in [9.17, 15) is 4.79 Å². The fourth-order valence-electron chi connectivity index (χ4n) is 2.82. The molecule has 3 rings (SSSR count). The Kier molecular flexibility index (Phi) is 5.44. The van der Waals surface area contributed by atoms with Crippen LogP contribution in [0.25, 0.3) is 0 Å². The first-order valence-electron chi connectivity index (χ1n) is 8.06. The molecule has 1 aliphatic heterocycles. The van der Waals surface area contributed by atoms with Gasteiger partial charge in [0.2, 0.25) is 5.91 Å². The van der Waals surface area contributed by atoms with E-state index in [2.05, 4.69) is 10.6 Å². The third-order valence-electron chi connectivity index (χ3n) is 4.63. The average Bonchev–Trinajstić information content (AvgIpc) is 2.53. The number of hydrogen-bond donors (Lipinski definition) is 2. The van der Waals surface area contributed by atoms with Crippen LogP contribution in [0.1, 0.15) is 24.1 Å². The Morgan fingerprint density at radius 2 is 1.46 bits per heavy atom. The molecular weight excluding hydrogens is 343 g/mol. The Bertz CT molecular complexity index is 651. The maximum absolute atomic E-state index is 12.7. The Morgan fingerprint density at radius 3 is 1.83 bits per heavy atom. The second-order valence-electron chi connectivity index (χ2n) is 6.25. The summed E-state index contributed by atoms with van der Waals surface area (Å²) in [4.78, 5) is 12.7. The molecule has 1 unspecified atom stereocenters. The molecular formula is C19H20Cl2N2O. The summed E-state index contributed by atoms with van der Waals surface area (Å²) < 4.78 is 0. The van der Waals surface area contributed by atoms with Crippen molar-refractivity contribution >= 4 is 29.1 Å². The lowest BCUT2D eigenvalue weighted by molar-refractivity contribution is -0.127. The molecule has 2 aromatic rings. The van der Waals surface area contributed by atoms with Gasteiger partial charge in [0.25, 0.3) is 0 Å². The summed E-state index contributed by atoms with van der Waals surface area (Å²) in [6.07, 6.45) is 0. The number of halogens is 2. The van der Waals surface area contributed by atoms with Gasteiger partial charge in [-0.1, -0.05) is 54.4 Å². The lowest BCUT2D eigenvalue weighted by Crippen LogP contribution is -2.50. The van der Waals surface area contributed by atoms with E-state index >= 15 is 0 Å². The minimum absolute atomic E-state index is 0.0200. The monoisotopic (exact) mass is 362 g/mol. The molecule has 2 N–H and O–H groups in total. The number of nitrogens with one attached hydrogen (secondary N) is 2. The predicted molar refractivity (Wildman–Crippen MR) is 98.4 cm³/mol. The van der Waals surface area contributed by atoms with Crippen LogP contribution in [0.2, 0.25) is 10.0 Å². The van der Waals surface area contributed by atoms with Gasteiger partial charge in [0.05, 0.1) is 6.04 Å². The summed E-state index contributed by atoms with van der Waals surface area (Å²) in [7, 11) is 0. The normalized spacial score (nSPS) is 15.8. The van der Waals surface area contributed by atoms with Gasteiger partial charge in [0, 0.05) is 16.0 Å². The maximum atomic E-state index is 12.7. The number of carbonyl (C=O) groups is 1. The van der Waals surface area contributed by atoms with Crippen LogP contribution in [0.15, 0.2) is 48.5 Å². The molecule has 0 bridgehead atoms. The quantitative estimate of drug-likeness (QED) is 0.841. The Labute approximate surface area is 152 Å². The van der Waals surface area contributed by atoms with Gasteiger partial charge in [-0.15, -0.1) is 0 Å². The number of carbonyl (C=O) groups excluding carboxylic acids is 1. The molecule has 1 amide bonds. The third-order valence-corrected chi connectivity index (χ3v) is 5.13. The van der Waals surface area contributed by atoms with E-state index in [1.165, 1.54) is 0 Å². The van der Waals surface area contributed by atoms with E-state index in [0.717, 1.165) is 24.2 Å². The van der Waals surface area contributed by atoms with Gasteiger partial charge in [-0.3, -0.25) is 4.79 Å². The lowest BCUT2D eigenvalue weighted by atomic mass is 9.87. The molecule has 1 atom stereocenters. The van der Waals surface area contributed by atoms with E-state index in [1.54, 1.807) is 0 Å². The molecule has 3 nitrogen and oxygen atoms in total. The second kappa shape index (κ2) is 7.56. The van der Waals surface area contributed by atoms with Crippen LogP contribution in [0.4, 0.5) is 0 Å². The molecule has 0 spiro atoms. The van der Waals surface area contributed by atoms with Crippen molar-refractivity contribution < 1.29 is 4.79 Å². The topological polar surface area (TPSA) is 41.1 Å². The van der Waals surface area contributed by atoms with Crippen LogP contribution in [-0.2, 0) is 4.79 Å². The molecule has 5 heteroatoms. The molecule has 0 saturated carbocycles. The number of hydrogen-bond acceptors (Lipinski definition) is 2. The van der Waals surface area contributed by atoms with E-state index < -0.39 is 0 Å². The molecule has 0 aliphatic carbocycles. The highest BCUT2D eigenvalue weighted by molar-refractivity contribution is 6.30.